The zero-order valence-electron chi connectivity index (χ0n) is 21.4. The van der Waals surface area contributed by atoms with Crippen molar-refractivity contribution in [2.45, 2.75) is 45.2 Å². The molecule has 194 valence electrons. The number of carboxylic acid groups (broad SMARTS) is 1. The predicted octanol–water partition coefficient (Wildman–Crippen LogP) is 3.90. The van der Waals surface area contributed by atoms with Gasteiger partial charge in [0.2, 0.25) is 11.4 Å². The molecule has 0 amide bonds. The largest absolute Gasteiger partial charge is 0.477 e. The van der Waals surface area contributed by atoms with E-state index in [4.69, 9.17) is 0 Å². The Kier molecular flexibility index (Phi) is 6.07. The van der Waals surface area contributed by atoms with Gasteiger partial charge in [0, 0.05) is 54.6 Å². The molecule has 2 unspecified atom stereocenters. The third-order valence-corrected chi connectivity index (χ3v) is 7.38. The Hall–Kier alpha value is -4.24. The van der Waals surface area contributed by atoms with Crippen LogP contribution in [-0.2, 0) is 12.8 Å². The number of carbonyl (C=O) groups is 1. The molecule has 2 aliphatic rings. The lowest BCUT2D eigenvalue weighted by atomic mass is 10.1. The fourth-order valence-corrected chi connectivity index (χ4v) is 5.65. The third-order valence-electron chi connectivity index (χ3n) is 7.38. The lowest BCUT2D eigenvalue weighted by Crippen LogP contribution is -2.54. The minimum absolute atomic E-state index is 0.160. The van der Waals surface area contributed by atoms with Crippen LogP contribution >= 0.6 is 0 Å². The molecule has 3 heterocycles. The quantitative estimate of drug-likeness (QED) is 0.371. The number of pyridine rings is 1. The van der Waals surface area contributed by atoms with Crippen molar-refractivity contribution in [2.75, 3.05) is 23.3 Å². The average Bonchev–Trinajstić information content (AvgIpc) is 3.37. The van der Waals surface area contributed by atoms with Crippen LogP contribution in [0.5, 0.6) is 0 Å². The van der Waals surface area contributed by atoms with Gasteiger partial charge in [0.05, 0.1) is 5.39 Å². The Labute approximate surface area is 220 Å². The van der Waals surface area contributed by atoms with Crippen molar-refractivity contribution in [2.24, 2.45) is 0 Å². The second-order valence-electron chi connectivity index (χ2n) is 10.3. The zero-order valence-corrected chi connectivity index (χ0v) is 21.4. The van der Waals surface area contributed by atoms with Crippen molar-refractivity contribution in [3.63, 3.8) is 0 Å². The predicted molar refractivity (Wildman–Crippen MR) is 148 cm³/mol. The molecular formula is C29H30N6O3. The first-order valence-corrected chi connectivity index (χ1v) is 13.0. The molecule has 38 heavy (non-hydrogen) atoms. The van der Waals surface area contributed by atoms with Crippen LogP contribution in [0.1, 0.15) is 41.8 Å². The number of aromatic carboxylic acids is 1. The maximum atomic E-state index is 12.9. The highest BCUT2D eigenvalue weighted by Gasteiger charge is 2.22. The SMILES string of the molecule is CC1CN(c2ccc(Nc3ncc4c(=O)c(C(=O)O)cn(-c5ccc6c(c5)CCC6)c4n3)cc2)CC(C)N1. The first-order valence-electron chi connectivity index (χ1n) is 13.0. The number of fused-ring (bicyclic) bond motifs is 2. The van der Waals surface area contributed by atoms with Crippen LogP contribution in [0, 0.1) is 0 Å². The number of nitrogens with one attached hydrogen (secondary N) is 2. The van der Waals surface area contributed by atoms with Crippen LogP contribution in [0.4, 0.5) is 17.3 Å². The van der Waals surface area contributed by atoms with Crippen LogP contribution < -0.4 is 21.0 Å². The maximum Gasteiger partial charge on any atom is 0.341 e. The molecule has 6 rings (SSSR count). The van der Waals surface area contributed by atoms with E-state index in [1.807, 2.05) is 18.2 Å². The van der Waals surface area contributed by atoms with Crippen LogP contribution in [0.3, 0.4) is 0 Å². The lowest BCUT2D eigenvalue weighted by Gasteiger charge is -2.37. The van der Waals surface area contributed by atoms with Gasteiger partial charge in [-0.25, -0.2) is 9.78 Å². The molecule has 9 heteroatoms. The van der Waals surface area contributed by atoms with E-state index in [-0.39, 0.29) is 10.9 Å². The number of benzene rings is 2. The van der Waals surface area contributed by atoms with E-state index in [0.29, 0.717) is 23.7 Å². The van der Waals surface area contributed by atoms with Crippen LogP contribution in [-0.4, -0.2) is 50.8 Å². The molecule has 0 bridgehead atoms. The molecule has 0 saturated carbocycles. The molecule has 3 N–H and O–H groups in total. The second kappa shape index (κ2) is 9.57. The molecule has 2 atom stereocenters. The van der Waals surface area contributed by atoms with Gasteiger partial charge in [-0.05, 0) is 80.6 Å². The van der Waals surface area contributed by atoms with Gasteiger partial charge >= 0.3 is 5.97 Å². The Bertz CT molecular complexity index is 1590. The summed E-state index contributed by atoms with van der Waals surface area (Å²) in [5.41, 5.74) is 4.74. The Morgan fingerprint density at radius 1 is 1.03 bits per heavy atom. The number of carboxylic acids is 1. The molecule has 2 aromatic heterocycles. The molecule has 4 aromatic rings. The highest BCUT2D eigenvalue weighted by Crippen LogP contribution is 2.27. The Morgan fingerprint density at radius 3 is 2.47 bits per heavy atom. The van der Waals surface area contributed by atoms with Crippen molar-refractivity contribution < 1.29 is 9.90 Å². The number of anilines is 3. The van der Waals surface area contributed by atoms with E-state index in [1.165, 1.54) is 23.5 Å². The van der Waals surface area contributed by atoms with Gasteiger partial charge in [-0.3, -0.25) is 4.79 Å². The smallest absolute Gasteiger partial charge is 0.341 e. The van der Waals surface area contributed by atoms with Crippen molar-refractivity contribution in [1.29, 1.82) is 0 Å². The fraction of sp³-hybridized carbons (Fsp3) is 0.310. The minimum Gasteiger partial charge on any atom is -0.477 e. The van der Waals surface area contributed by atoms with E-state index in [9.17, 15) is 14.7 Å². The summed E-state index contributed by atoms with van der Waals surface area (Å²) < 4.78 is 1.68. The van der Waals surface area contributed by atoms with Gasteiger partial charge < -0.3 is 25.2 Å². The third kappa shape index (κ3) is 4.50. The normalized spacial score (nSPS) is 18.9. The molecule has 0 spiro atoms. The van der Waals surface area contributed by atoms with Crippen molar-refractivity contribution in [1.82, 2.24) is 19.9 Å². The Morgan fingerprint density at radius 2 is 1.74 bits per heavy atom. The van der Waals surface area contributed by atoms with Gasteiger partial charge in [-0.2, -0.15) is 4.98 Å². The molecule has 9 nitrogen and oxygen atoms in total. The summed E-state index contributed by atoms with van der Waals surface area (Å²) in [6, 6.07) is 15.1. The first kappa shape index (κ1) is 24.1. The number of aromatic nitrogens is 3. The molecule has 0 radical (unpaired) electrons. The summed E-state index contributed by atoms with van der Waals surface area (Å²) in [5, 5.41) is 16.6. The van der Waals surface area contributed by atoms with E-state index < -0.39 is 11.4 Å². The molecule has 1 fully saturated rings. The van der Waals surface area contributed by atoms with Gasteiger partial charge in [-0.1, -0.05) is 6.07 Å². The number of piperazine rings is 1. The highest BCUT2D eigenvalue weighted by atomic mass is 16.4. The van der Waals surface area contributed by atoms with Crippen LogP contribution in [0.2, 0.25) is 0 Å². The molecular weight excluding hydrogens is 480 g/mol. The summed E-state index contributed by atoms with van der Waals surface area (Å²) >= 11 is 0. The van der Waals surface area contributed by atoms with Crippen molar-refractivity contribution >= 4 is 34.3 Å². The minimum atomic E-state index is -1.28. The van der Waals surface area contributed by atoms with Crippen LogP contribution in [0.25, 0.3) is 16.7 Å². The summed E-state index contributed by atoms with van der Waals surface area (Å²) in [7, 11) is 0. The van der Waals surface area contributed by atoms with E-state index in [2.05, 4.69) is 63.6 Å². The standard InChI is InChI=1S/C29H30N6O3/c1-17-14-34(15-18(2)31-17)22-10-7-21(8-11-22)32-29-30-13-24-26(36)25(28(37)38)16-35(27(24)33-29)23-9-6-19-4-3-5-20(19)12-23/h6-13,16-18,31H,3-5,14-15H2,1-2H3,(H,37,38)(H,30,32,33). The van der Waals surface area contributed by atoms with Crippen LogP contribution in [0.15, 0.2) is 59.7 Å². The average molecular weight is 511 g/mol. The van der Waals surface area contributed by atoms with E-state index in [1.54, 1.807) is 4.57 Å². The molecule has 1 saturated heterocycles. The number of nitrogens with zero attached hydrogens (tertiary/aromatic N) is 4. The summed E-state index contributed by atoms with van der Waals surface area (Å²) in [6.45, 7) is 6.28. The topological polar surface area (TPSA) is 112 Å². The van der Waals surface area contributed by atoms with Gasteiger partial charge in [0.25, 0.3) is 0 Å². The molecule has 1 aliphatic heterocycles. The van der Waals surface area contributed by atoms with Crippen molar-refractivity contribution in [3.05, 3.63) is 81.8 Å². The molecule has 2 aromatic carbocycles. The summed E-state index contributed by atoms with van der Waals surface area (Å²) in [4.78, 5) is 36.2. The van der Waals surface area contributed by atoms with E-state index in [0.717, 1.165) is 49.4 Å². The second-order valence-corrected chi connectivity index (χ2v) is 10.3. The molecule has 1 aliphatic carbocycles. The summed E-state index contributed by atoms with van der Waals surface area (Å²) in [5.74, 6) is -0.950. The number of hydrogen-bond acceptors (Lipinski definition) is 7. The van der Waals surface area contributed by atoms with Crippen molar-refractivity contribution in [3.8, 4) is 5.69 Å². The highest BCUT2D eigenvalue weighted by molar-refractivity contribution is 5.92. The summed E-state index contributed by atoms with van der Waals surface area (Å²) in [6.07, 6.45) is 5.90. The maximum absolute atomic E-state index is 12.9. The van der Waals surface area contributed by atoms with E-state index >= 15 is 0 Å². The number of aryl methyl sites for hydroxylation is 2. The van der Waals surface area contributed by atoms with Gasteiger partial charge in [-0.15, -0.1) is 0 Å². The zero-order chi connectivity index (χ0) is 26.4. The fourth-order valence-electron chi connectivity index (χ4n) is 5.65. The van der Waals surface area contributed by atoms with Gasteiger partial charge in [0.1, 0.15) is 5.56 Å². The number of rotatable bonds is 5. The Balaban J connectivity index is 1.35. The monoisotopic (exact) mass is 510 g/mol. The lowest BCUT2D eigenvalue weighted by molar-refractivity contribution is 0.0695. The number of hydrogen-bond donors (Lipinski definition) is 3. The first-order chi connectivity index (χ1) is 18.4. The van der Waals surface area contributed by atoms with Gasteiger partial charge in [0.15, 0.2) is 5.65 Å².